The van der Waals surface area contributed by atoms with Gasteiger partial charge in [-0.2, -0.15) is 0 Å². The van der Waals surface area contributed by atoms with Crippen LogP contribution in [0.15, 0.2) is 0 Å². The number of halogens is 1. The number of hydrogen-bond acceptors (Lipinski definition) is 2. The summed E-state index contributed by atoms with van der Waals surface area (Å²) in [6, 6.07) is 0. The Morgan fingerprint density at radius 3 is 2.54 bits per heavy atom. The van der Waals surface area contributed by atoms with E-state index in [1.54, 1.807) is 0 Å². The van der Waals surface area contributed by atoms with Crippen LogP contribution in [0.5, 0.6) is 0 Å². The van der Waals surface area contributed by atoms with E-state index >= 15 is 0 Å². The van der Waals surface area contributed by atoms with Crippen LogP contribution in [0.25, 0.3) is 0 Å². The van der Waals surface area contributed by atoms with Gasteiger partial charge in [0.15, 0.2) is 0 Å². The van der Waals surface area contributed by atoms with Crippen LogP contribution in [-0.2, 0) is 7.86 Å². The van der Waals surface area contributed by atoms with Gasteiger partial charge in [-0.05, 0) is 32.6 Å². The number of ketones is 1. The van der Waals surface area contributed by atoms with Gasteiger partial charge in [0.25, 0.3) is 0 Å². The second kappa shape index (κ2) is 4.26. The molecule has 0 amide bonds. The number of carbonyl (C=O) groups is 1. The van der Waals surface area contributed by atoms with E-state index in [1.807, 2.05) is 29.9 Å². The molecule has 2 nitrogen and oxygen atoms in total. The zero-order chi connectivity index (χ0) is 10.1. The first-order valence-electron chi connectivity index (χ1n) is 4.80. The summed E-state index contributed by atoms with van der Waals surface area (Å²) in [7, 11) is 0. The molecular formula is C10H17IO2. The molecule has 0 saturated heterocycles. The fraction of sp³-hybridized carbons (Fsp3) is 0.900. The first kappa shape index (κ1) is 11.4. The van der Waals surface area contributed by atoms with Crippen molar-refractivity contribution in [2.75, 3.05) is 0 Å². The monoisotopic (exact) mass is 296 g/mol. The number of carbonyl (C=O) groups excluding carboxylic acids is 1. The highest BCUT2D eigenvalue weighted by atomic mass is 127. The van der Waals surface area contributed by atoms with Crippen molar-refractivity contribution in [3.8, 4) is 0 Å². The molecule has 0 N–H and O–H groups in total. The Hall–Kier alpha value is 0.360. The molecule has 76 valence electrons. The number of Topliss-reactive ketones (excluding diaryl/α,β-unsaturated/α-hetero) is 1. The molecule has 2 atom stereocenters. The fourth-order valence-electron chi connectivity index (χ4n) is 1.81. The van der Waals surface area contributed by atoms with Crippen LogP contribution in [-0.4, -0.2) is 11.4 Å². The molecule has 0 spiro atoms. The van der Waals surface area contributed by atoms with Gasteiger partial charge < -0.3 is 3.07 Å². The zero-order valence-electron chi connectivity index (χ0n) is 8.47. The summed E-state index contributed by atoms with van der Waals surface area (Å²) < 4.78 is 5.38. The molecule has 3 heteroatoms. The van der Waals surface area contributed by atoms with Gasteiger partial charge in [0.1, 0.15) is 28.8 Å². The third kappa shape index (κ3) is 2.65. The van der Waals surface area contributed by atoms with E-state index < -0.39 is 0 Å². The van der Waals surface area contributed by atoms with Crippen molar-refractivity contribution in [1.82, 2.24) is 0 Å². The molecule has 1 rings (SSSR count). The second-order valence-corrected chi connectivity index (χ2v) is 4.97. The molecule has 1 aliphatic rings. The summed E-state index contributed by atoms with van der Waals surface area (Å²) >= 11 is 1.93. The lowest BCUT2D eigenvalue weighted by atomic mass is 9.75. The van der Waals surface area contributed by atoms with Gasteiger partial charge in [-0.25, -0.2) is 0 Å². The van der Waals surface area contributed by atoms with Crippen LogP contribution >= 0.6 is 23.0 Å². The topological polar surface area (TPSA) is 26.3 Å². The Morgan fingerprint density at radius 2 is 2.08 bits per heavy atom. The van der Waals surface area contributed by atoms with Crippen molar-refractivity contribution in [2.24, 2.45) is 11.8 Å². The second-order valence-electron chi connectivity index (χ2n) is 4.53. The maximum atomic E-state index is 11.5. The molecule has 13 heavy (non-hydrogen) atoms. The summed E-state index contributed by atoms with van der Waals surface area (Å²) in [5, 5.41) is 0. The SMILES string of the molecule is CC1CCC(C(C)(C)OI)CC1=O. The van der Waals surface area contributed by atoms with Crippen LogP contribution in [0.2, 0.25) is 0 Å². The Balaban J connectivity index is 2.60. The molecule has 0 aliphatic heterocycles. The third-order valence-corrected chi connectivity index (χ3v) is 4.26. The van der Waals surface area contributed by atoms with Crippen LogP contribution in [0.4, 0.5) is 0 Å². The average molecular weight is 296 g/mol. The minimum atomic E-state index is -0.156. The van der Waals surface area contributed by atoms with Gasteiger partial charge in [0.05, 0.1) is 5.60 Å². The standard InChI is InChI=1S/C10H17IO2/c1-7-4-5-8(6-9(7)12)10(2,3)13-11/h7-8H,4-6H2,1-3H3. The molecular weight excluding hydrogens is 279 g/mol. The molecule has 1 saturated carbocycles. The Labute approximate surface area is 94.1 Å². The van der Waals surface area contributed by atoms with Crippen LogP contribution in [0.3, 0.4) is 0 Å². The lowest BCUT2D eigenvalue weighted by Gasteiger charge is -2.35. The number of rotatable bonds is 2. The summed E-state index contributed by atoms with van der Waals surface area (Å²) in [4.78, 5) is 11.5. The number of hydrogen-bond donors (Lipinski definition) is 0. The fourth-order valence-corrected chi connectivity index (χ4v) is 2.17. The van der Waals surface area contributed by atoms with Crippen molar-refractivity contribution < 1.29 is 7.86 Å². The summed E-state index contributed by atoms with van der Waals surface area (Å²) in [5.41, 5.74) is -0.156. The van der Waals surface area contributed by atoms with Crippen molar-refractivity contribution in [2.45, 2.75) is 45.6 Å². The maximum Gasteiger partial charge on any atom is 0.136 e. The van der Waals surface area contributed by atoms with E-state index in [0.717, 1.165) is 12.8 Å². The normalized spacial score (nSPS) is 30.6. The molecule has 0 aromatic carbocycles. The Bertz CT molecular complexity index is 201. The maximum absolute atomic E-state index is 11.5. The van der Waals surface area contributed by atoms with Crippen LogP contribution < -0.4 is 0 Å². The van der Waals surface area contributed by atoms with Crippen molar-refractivity contribution in [3.05, 3.63) is 0 Å². The molecule has 0 radical (unpaired) electrons. The van der Waals surface area contributed by atoms with Gasteiger partial charge in [-0.3, -0.25) is 4.79 Å². The minimum absolute atomic E-state index is 0.156. The molecule has 2 unspecified atom stereocenters. The quantitative estimate of drug-likeness (QED) is 0.732. The first-order valence-corrected chi connectivity index (χ1v) is 5.68. The van der Waals surface area contributed by atoms with Crippen LogP contribution in [0.1, 0.15) is 40.0 Å². The van der Waals surface area contributed by atoms with E-state index in [0.29, 0.717) is 18.1 Å². The smallest absolute Gasteiger partial charge is 0.136 e. The Kier molecular flexibility index (Phi) is 3.74. The van der Waals surface area contributed by atoms with Gasteiger partial charge in [-0.1, -0.05) is 6.92 Å². The molecule has 0 aromatic heterocycles. The van der Waals surface area contributed by atoms with E-state index in [9.17, 15) is 4.79 Å². The van der Waals surface area contributed by atoms with E-state index in [4.69, 9.17) is 3.07 Å². The van der Waals surface area contributed by atoms with E-state index in [-0.39, 0.29) is 11.5 Å². The predicted molar refractivity (Wildman–Crippen MR) is 60.7 cm³/mol. The van der Waals surface area contributed by atoms with Crippen molar-refractivity contribution >= 4 is 28.8 Å². The van der Waals surface area contributed by atoms with Crippen molar-refractivity contribution in [1.29, 1.82) is 0 Å². The molecule has 0 heterocycles. The van der Waals surface area contributed by atoms with Crippen molar-refractivity contribution in [3.63, 3.8) is 0 Å². The zero-order valence-corrected chi connectivity index (χ0v) is 10.6. The summed E-state index contributed by atoms with van der Waals surface area (Å²) in [6.45, 7) is 6.15. The minimum Gasteiger partial charge on any atom is -0.309 e. The highest BCUT2D eigenvalue weighted by Crippen LogP contribution is 2.36. The molecule has 1 fully saturated rings. The van der Waals surface area contributed by atoms with Gasteiger partial charge >= 0.3 is 0 Å². The predicted octanol–water partition coefficient (Wildman–Crippen LogP) is 3.14. The lowest BCUT2D eigenvalue weighted by molar-refractivity contribution is -0.127. The van der Waals surface area contributed by atoms with Crippen LogP contribution in [0, 0.1) is 11.8 Å². The molecule has 0 aromatic rings. The summed E-state index contributed by atoms with van der Waals surface area (Å²) in [6.07, 6.45) is 2.83. The summed E-state index contributed by atoms with van der Waals surface area (Å²) in [5.74, 6) is 1.06. The Morgan fingerprint density at radius 1 is 1.46 bits per heavy atom. The van der Waals surface area contributed by atoms with E-state index in [2.05, 4.69) is 13.8 Å². The first-order chi connectivity index (χ1) is 5.97. The van der Waals surface area contributed by atoms with Gasteiger partial charge in [0.2, 0.25) is 0 Å². The highest BCUT2D eigenvalue weighted by molar-refractivity contribution is 14.1. The van der Waals surface area contributed by atoms with E-state index in [1.165, 1.54) is 0 Å². The molecule has 0 bridgehead atoms. The highest BCUT2D eigenvalue weighted by Gasteiger charge is 2.36. The lowest BCUT2D eigenvalue weighted by Crippen LogP contribution is -2.37. The molecule has 1 aliphatic carbocycles. The third-order valence-electron chi connectivity index (χ3n) is 3.13. The average Bonchev–Trinajstić information content (AvgIpc) is 2.09. The largest absolute Gasteiger partial charge is 0.309 e. The van der Waals surface area contributed by atoms with Gasteiger partial charge in [0, 0.05) is 12.3 Å². The van der Waals surface area contributed by atoms with Gasteiger partial charge in [-0.15, -0.1) is 0 Å².